The van der Waals surface area contributed by atoms with E-state index in [1.165, 1.54) is 180 Å². The molecule has 1 unspecified atom stereocenters. The van der Waals surface area contributed by atoms with Gasteiger partial charge in [0.15, 0.2) is 6.10 Å². The van der Waals surface area contributed by atoms with Crippen LogP contribution < -0.4 is 0 Å². The molecule has 0 aliphatic carbocycles. The lowest BCUT2D eigenvalue weighted by Gasteiger charge is -2.18. The first kappa shape index (κ1) is 57.1. The van der Waals surface area contributed by atoms with Crippen molar-refractivity contribution in [3.05, 3.63) is 12.2 Å². The fourth-order valence-electron chi connectivity index (χ4n) is 7.79. The first-order valence-corrected chi connectivity index (χ1v) is 26.2. The molecular weight excluding hydrogens is 733 g/mol. The van der Waals surface area contributed by atoms with Gasteiger partial charge in [-0.25, -0.2) is 0 Å². The summed E-state index contributed by atoms with van der Waals surface area (Å²) >= 11 is 0. The molecule has 6 heteroatoms. The van der Waals surface area contributed by atoms with Gasteiger partial charge in [-0.15, -0.1) is 0 Å². The van der Waals surface area contributed by atoms with E-state index in [4.69, 9.17) is 14.2 Å². The Hall–Kier alpha value is -1.85. The molecule has 0 aliphatic rings. The van der Waals surface area contributed by atoms with Crippen LogP contribution in [0.2, 0.25) is 0 Å². The predicted octanol–water partition coefficient (Wildman–Crippen LogP) is 17.0. The van der Waals surface area contributed by atoms with Crippen LogP contribution in [0.5, 0.6) is 0 Å². The van der Waals surface area contributed by atoms with Gasteiger partial charge in [0.05, 0.1) is 0 Å². The van der Waals surface area contributed by atoms with Crippen LogP contribution >= 0.6 is 0 Å². The summed E-state index contributed by atoms with van der Waals surface area (Å²) in [5.74, 6) is -0.886. The Kier molecular flexibility index (Phi) is 47.3. The number of allylic oxidation sites excluding steroid dienone is 2. The average molecular weight is 833 g/mol. The molecule has 1 atom stereocenters. The van der Waals surface area contributed by atoms with Crippen molar-refractivity contribution in [1.29, 1.82) is 0 Å². The van der Waals surface area contributed by atoms with E-state index in [0.29, 0.717) is 19.3 Å². The zero-order valence-corrected chi connectivity index (χ0v) is 39.8. The van der Waals surface area contributed by atoms with Crippen LogP contribution in [0.3, 0.4) is 0 Å². The first-order valence-electron chi connectivity index (χ1n) is 26.2. The van der Waals surface area contributed by atoms with Gasteiger partial charge in [0.2, 0.25) is 0 Å². The molecule has 0 aromatic rings. The lowest BCUT2D eigenvalue weighted by Crippen LogP contribution is -2.30. The van der Waals surface area contributed by atoms with Crippen LogP contribution in [0.1, 0.15) is 290 Å². The van der Waals surface area contributed by atoms with Gasteiger partial charge in [0.25, 0.3) is 0 Å². The number of hydrogen-bond acceptors (Lipinski definition) is 6. The maximum atomic E-state index is 12.5. The van der Waals surface area contributed by atoms with Crippen molar-refractivity contribution in [1.82, 2.24) is 0 Å². The summed E-state index contributed by atoms with van der Waals surface area (Å²) in [4.78, 5) is 37.2. The molecule has 0 fully saturated rings. The van der Waals surface area contributed by atoms with Crippen molar-refractivity contribution in [2.75, 3.05) is 13.2 Å². The second kappa shape index (κ2) is 48.8. The van der Waals surface area contributed by atoms with E-state index in [0.717, 1.165) is 70.6 Å². The topological polar surface area (TPSA) is 78.9 Å². The molecule has 0 heterocycles. The van der Waals surface area contributed by atoms with Gasteiger partial charge in [0.1, 0.15) is 13.2 Å². The molecule has 0 bridgehead atoms. The Morgan fingerprint density at radius 2 is 0.559 bits per heavy atom. The number of hydrogen-bond donors (Lipinski definition) is 0. The Bertz CT molecular complexity index is 916. The van der Waals surface area contributed by atoms with Gasteiger partial charge in [0, 0.05) is 19.3 Å². The Labute approximate surface area is 367 Å². The summed E-state index contributed by atoms with van der Waals surface area (Å²) < 4.78 is 16.5. The maximum absolute atomic E-state index is 12.5. The summed E-state index contributed by atoms with van der Waals surface area (Å²) in [5, 5.41) is 0. The Balaban J connectivity index is 3.71. The lowest BCUT2D eigenvalue weighted by molar-refractivity contribution is -0.167. The molecule has 0 saturated heterocycles. The van der Waals surface area contributed by atoms with E-state index >= 15 is 0 Å². The zero-order valence-electron chi connectivity index (χ0n) is 39.8. The summed E-state index contributed by atoms with van der Waals surface area (Å²) in [6.45, 7) is 6.49. The van der Waals surface area contributed by atoms with Gasteiger partial charge in [-0.1, -0.05) is 238 Å². The highest BCUT2D eigenvalue weighted by Crippen LogP contribution is 2.16. The minimum Gasteiger partial charge on any atom is -0.462 e. The van der Waals surface area contributed by atoms with E-state index in [9.17, 15) is 14.4 Å². The number of unbranched alkanes of at least 4 members (excludes halogenated alkanes) is 35. The molecule has 0 aromatic carbocycles. The van der Waals surface area contributed by atoms with E-state index in [-0.39, 0.29) is 31.1 Å². The first-order chi connectivity index (χ1) is 29.0. The van der Waals surface area contributed by atoms with Gasteiger partial charge < -0.3 is 14.2 Å². The van der Waals surface area contributed by atoms with E-state index in [1.54, 1.807) is 0 Å². The maximum Gasteiger partial charge on any atom is 0.306 e. The molecule has 348 valence electrons. The van der Waals surface area contributed by atoms with E-state index in [1.807, 2.05) is 0 Å². The molecule has 0 radical (unpaired) electrons. The van der Waals surface area contributed by atoms with Gasteiger partial charge in [-0.2, -0.15) is 0 Å². The Morgan fingerprint density at radius 3 is 0.847 bits per heavy atom. The molecule has 0 rings (SSSR count). The molecule has 0 saturated carbocycles. The third kappa shape index (κ3) is 47.1. The molecule has 0 aromatic heterocycles. The molecule has 59 heavy (non-hydrogen) atoms. The third-order valence-corrected chi connectivity index (χ3v) is 11.8. The second-order valence-electron chi connectivity index (χ2n) is 17.8. The molecule has 0 spiro atoms. The molecular formula is C53H100O6. The van der Waals surface area contributed by atoms with Crippen molar-refractivity contribution in [3.8, 4) is 0 Å². The SMILES string of the molecule is CCCCCCCCCC/C=C\CCCCCCCCCCCCCCCCCCCCCC(=O)OCC(COC(=O)CCCCCCC)OC(=O)CCCCCCC. The zero-order chi connectivity index (χ0) is 43.0. The number of carbonyl (C=O) groups excluding carboxylic acids is 3. The number of esters is 3. The smallest absolute Gasteiger partial charge is 0.306 e. The lowest BCUT2D eigenvalue weighted by atomic mass is 10.0. The molecule has 0 amide bonds. The van der Waals surface area contributed by atoms with Gasteiger partial charge >= 0.3 is 17.9 Å². The molecule has 6 nitrogen and oxygen atoms in total. The Morgan fingerprint density at radius 1 is 0.322 bits per heavy atom. The summed E-state index contributed by atoms with van der Waals surface area (Å²) in [5.41, 5.74) is 0. The van der Waals surface area contributed by atoms with Crippen LogP contribution in [0, 0.1) is 0 Å². The summed E-state index contributed by atoms with van der Waals surface area (Å²) in [7, 11) is 0. The largest absolute Gasteiger partial charge is 0.462 e. The summed E-state index contributed by atoms with van der Waals surface area (Å²) in [6.07, 6.45) is 54.6. The van der Waals surface area contributed by atoms with E-state index in [2.05, 4.69) is 32.9 Å². The quantitative estimate of drug-likeness (QED) is 0.0263. The second-order valence-corrected chi connectivity index (χ2v) is 17.8. The number of carbonyl (C=O) groups is 3. The van der Waals surface area contributed by atoms with Gasteiger partial charge in [-0.3, -0.25) is 14.4 Å². The standard InChI is InChI=1S/C53H100O6/c1-4-7-10-13-14-15-16-17-18-19-20-21-22-23-24-25-26-27-28-29-30-31-32-33-34-35-36-37-38-41-43-46-52(55)58-49-50(59-53(56)47-44-40-12-9-6-3)48-57-51(54)45-42-39-11-8-5-2/h19-20,50H,4-18,21-49H2,1-3H3/b20-19-. The van der Waals surface area contributed by atoms with Crippen molar-refractivity contribution < 1.29 is 28.6 Å². The highest BCUT2D eigenvalue weighted by molar-refractivity contribution is 5.71. The molecule has 0 aliphatic heterocycles. The highest BCUT2D eigenvalue weighted by Gasteiger charge is 2.19. The fraction of sp³-hybridized carbons (Fsp3) is 0.906. The van der Waals surface area contributed by atoms with E-state index < -0.39 is 6.10 Å². The summed E-state index contributed by atoms with van der Waals surface area (Å²) in [6, 6.07) is 0. The van der Waals surface area contributed by atoms with Crippen LogP contribution in [-0.4, -0.2) is 37.2 Å². The van der Waals surface area contributed by atoms with Gasteiger partial charge in [-0.05, 0) is 44.9 Å². The van der Waals surface area contributed by atoms with Crippen molar-refractivity contribution >= 4 is 17.9 Å². The minimum absolute atomic E-state index is 0.0672. The predicted molar refractivity (Wildman–Crippen MR) is 252 cm³/mol. The number of ether oxygens (including phenoxy) is 3. The van der Waals surface area contributed by atoms with Crippen molar-refractivity contribution in [2.24, 2.45) is 0 Å². The van der Waals surface area contributed by atoms with Crippen LogP contribution in [-0.2, 0) is 28.6 Å². The minimum atomic E-state index is -0.757. The number of rotatable bonds is 48. The van der Waals surface area contributed by atoms with Crippen LogP contribution in [0.25, 0.3) is 0 Å². The monoisotopic (exact) mass is 833 g/mol. The van der Waals surface area contributed by atoms with Crippen molar-refractivity contribution in [2.45, 2.75) is 297 Å². The normalized spacial score (nSPS) is 12.0. The van der Waals surface area contributed by atoms with Crippen molar-refractivity contribution in [3.63, 3.8) is 0 Å². The van der Waals surface area contributed by atoms with Crippen LogP contribution in [0.15, 0.2) is 12.2 Å². The third-order valence-electron chi connectivity index (χ3n) is 11.8. The average Bonchev–Trinajstić information content (AvgIpc) is 3.23. The molecule has 0 N–H and O–H groups in total. The highest BCUT2D eigenvalue weighted by atomic mass is 16.6. The van der Waals surface area contributed by atoms with Crippen LogP contribution in [0.4, 0.5) is 0 Å². The fourth-order valence-corrected chi connectivity index (χ4v) is 7.79.